The van der Waals surface area contributed by atoms with Gasteiger partial charge in [0.05, 0.1) is 5.56 Å². The highest BCUT2D eigenvalue weighted by Crippen LogP contribution is 2.39. The second-order valence-corrected chi connectivity index (χ2v) is 7.40. The van der Waals surface area contributed by atoms with Gasteiger partial charge in [-0.15, -0.1) is 11.3 Å². The Hall–Kier alpha value is -2.47. The molecule has 2 aromatic rings. The monoisotopic (exact) mass is 358 g/mol. The van der Waals surface area contributed by atoms with E-state index in [1.54, 1.807) is 18.2 Å². The van der Waals surface area contributed by atoms with E-state index >= 15 is 0 Å². The van der Waals surface area contributed by atoms with Crippen LogP contribution >= 0.6 is 11.3 Å². The summed E-state index contributed by atoms with van der Waals surface area (Å²) < 4.78 is 12.9. The lowest BCUT2D eigenvalue weighted by Gasteiger charge is -2.18. The van der Waals surface area contributed by atoms with Gasteiger partial charge in [-0.1, -0.05) is 19.1 Å². The molecule has 0 saturated heterocycles. The molecule has 0 spiro atoms. The second kappa shape index (κ2) is 7.19. The average molecular weight is 358 g/mol. The molecule has 0 saturated carbocycles. The van der Waals surface area contributed by atoms with Crippen molar-refractivity contribution in [1.29, 1.82) is 0 Å². The summed E-state index contributed by atoms with van der Waals surface area (Å²) in [6, 6.07) is 5.83. The van der Waals surface area contributed by atoms with Crippen molar-refractivity contribution < 1.29 is 14.0 Å². The van der Waals surface area contributed by atoms with Crippen LogP contribution < -0.4 is 11.1 Å². The highest BCUT2D eigenvalue weighted by atomic mass is 32.1. The molecule has 0 fully saturated rings. The van der Waals surface area contributed by atoms with Gasteiger partial charge in [-0.3, -0.25) is 9.59 Å². The summed E-state index contributed by atoms with van der Waals surface area (Å²) in [5.74, 6) is -0.622. The maximum atomic E-state index is 12.9. The first-order valence-corrected chi connectivity index (χ1v) is 8.94. The lowest BCUT2D eigenvalue weighted by Crippen LogP contribution is -2.18. The molecule has 3 rings (SSSR count). The number of halogens is 1. The predicted molar refractivity (Wildman–Crippen MR) is 98.1 cm³/mol. The van der Waals surface area contributed by atoms with Gasteiger partial charge in [-0.2, -0.15) is 0 Å². The predicted octanol–water partition coefficient (Wildman–Crippen LogP) is 3.76. The Balaban J connectivity index is 1.79. The van der Waals surface area contributed by atoms with Gasteiger partial charge in [0.1, 0.15) is 10.8 Å². The number of nitrogens with two attached hydrogens (primary N) is 1. The average Bonchev–Trinajstić information content (AvgIpc) is 2.91. The standard InChI is InChI=1S/C19H19FN2O2S/c1-11-2-8-14-15(10-11)25-19(17(14)18(21)24)22-16(23)9-5-12-3-6-13(20)7-4-12/h3-7,9,11H,2,8,10H2,1H3,(H2,21,24)(H,22,23)/b9-5+/t11-/m0/s1. The molecule has 1 aliphatic rings. The lowest BCUT2D eigenvalue weighted by atomic mass is 9.88. The number of benzene rings is 1. The van der Waals surface area contributed by atoms with Crippen molar-refractivity contribution >= 4 is 34.2 Å². The Morgan fingerprint density at radius 3 is 2.72 bits per heavy atom. The molecule has 6 heteroatoms. The zero-order chi connectivity index (χ0) is 18.0. The van der Waals surface area contributed by atoms with Gasteiger partial charge in [-0.25, -0.2) is 4.39 Å². The molecule has 0 radical (unpaired) electrons. The first kappa shape index (κ1) is 17.4. The number of nitrogens with one attached hydrogen (secondary N) is 1. The van der Waals surface area contributed by atoms with E-state index in [2.05, 4.69) is 12.2 Å². The summed E-state index contributed by atoms with van der Waals surface area (Å²) in [5.41, 5.74) is 7.67. The number of carbonyl (C=O) groups excluding carboxylic acids is 2. The van der Waals surface area contributed by atoms with E-state index in [9.17, 15) is 14.0 Å². The van der Waals surface area contributed by atoms with Crippen LogP contribution in [0, 0.1) is 11.7 Å². The minimum Gasteiger partial charge on any atom is -0.365 e. The smallest absolute Gasteiger partial charge is 0.251 e. The summed E-state index contributed by atoms with van der Waals surface area (Å²) in [4.78, 5) is 25.2. The fraction of sp³-hybridized carbons (Fsp3) is 0.263. The number of hydrogen-bond donors (Lipinski definition) is 2. The molecule has 1 atom stereocenters. The zero-order valence-corrected chi connectivity index (χ0v) is 14.7. The summed E-state index contributed by atoms with van der Waals surface area (Å²) in [7, 11) is 0. The third-order valence-electron chi connectivity index (χ3n) is 4.29. The van der Waals surface area contributed by atoms with Crippen LogP contribution in [0.1, 0.15) is 39.7 Å². The number of thiophene rings is 1. The third-order valence-corrected chi connectivity index (χ3v) is 5.46. The Morgan fingerprint density at radius 2 is 2.04 bits per heavy atom. The van der Waals surface area contributed by atoms with Crippen LogP contribution in [0.2, 0.25) is 0 Å². The van der Waals surface area contributed by atoms with E-state index in [1.165, 1.54) is 29.5 Å². The van der Waals surface area contributed by atoms with Gasteiger partial charge in [-0.05, 0) is 54.5 Å². The second-order valence-electron chi connectivity index (χ2n) is 6.29. The molecular weight excluding hydrogens is 339 g/mol. The van der Waals surface area contributed by atoms with Crippen molar-refractivity contribution in [3.8, 4) is 0 Å². The number of carbonyl (C=O) groups is 2. The first-order valence-electron chi connectivity index (χ1n) is 8.13. The van der Waals surface area contributed by atoms with Crippen molar-refractivity contribution in [2.75, 3.05) is 5.32 Å². The molecule has 1 aromatic heterocycles. The molecule has 0 bridgehead atoms. The Morgan fingerprint density at radius 1 is 1.32 bits per heavy atom. The van der Waals surface area contributed by atoms with Gasteiger partial charge in [0.25, 0.3) is 5.91 Å². The van der Waals surface area contributed by atoms with E-state index < -0.39 is 5.91 Å². The number of amides is 2. The topological polar surface area (TPSA) is 72.2 Å². The van der Waals surface area contributed by atoms with Crippen LogP contribution in [0.25, 0.3) is 6.08 Å². The highest BCUT2D eigenvalue weighted by Gasteiger charge is 2.26. The van der Waals surface area contributed by atoms with Crippen molar-refractivity contribution in [3.05, 3.63) is 57.7 Å². The molecule has 1 heterocycles. The third kappa shape index (κ3) is 3.96. The van der Waals surface area contributed by atoms with Crippen molar-refractivity contribution in [3.63, 3.8) is 0 Å². The normalized spacial score (nSPS) is 16.6. The zero-order valence-electron chi connectivity index (χ0n) is 13.8. The SMILES string of the molecule is C[C@H]1CCc2c(sc(NC(=O)/C=C/c3ccc(F)cc3)c2C(N)=O)C1. The minimum absolute atomic E-state index is 0.328. The number of rotatable bonds is 4. The molecule has 25 heavy (non-hydrogen) atoms. The molecule has 1 aliphatic carbocycles. The number of primary amides is 1. The maximum Gasteiger partial charge on any atom is 0.251 e. The van der Waals surface area contributed by atoms with E-state index in [4.69, 9.17) is 5.73 Å². The number of anilines is 1. The van der Waals surface area contributed by atoms with Gasteiger partial charge in [0.15, 0.2) is 0 Å². The summed E-state index contributed by atoms with van der Waals surface area (Å²) in [5, 5.41) is 3.28. The molecule has 1 aromatic carbocycles. The van der Waals surface area contributed by atoms with Crippen LogP contribution in [0.15, 0.2) is 30.3 Å². The van der Waals surface area contributed by atoms with E-state index in [-0.39, 0.29) is 11.7 Å². The van der Waals surface area contributed by atoms with Crippen molar-refractivity contribution in [2.45, 2.75) is 26.2 Å². The first-order chi connectivity index (χ1) is 11.9. The Bertz CT molecular complexity index is 840. The molecule has 2 amide bonds. The van der Waals surface area contributed by atoms with E-state index in [0.717, 1.165) is 29.7 Å². The Kier molecular flexibility index (Phi) is 4.99. The molecule has 0 unspecified atom stereocenters. The van der Waals surface area contributed by atoms with E-state index in [0.29, 0.717) is 22.0 Å². The maximum absolute atomic E-state index is 12.9. The fourth-order valence-corrected chi connectivity index (χ4v) is 4.42. The van der Waals surface area contributed by atoms with Crippen LogP contribution in [0.4, 0.5) is 9.39 Å². The Labute approximate surface area is 149 Å². The quantitative estimate of drug-likeness (QED) is 0.817. The molecule has 3 N–H and O–H groups in total. The highest BCUT2D eigenvalue weighted by molar-refractivity contribution is 7.17. The molecule has 130 valence electrons. The summed E-state index contributed by atoms with van der Waals surface area (Å²) in [6.45, 7) is 2.18. The largest absolute Gasteiger partial charge is 0.365 e. The number of hydrogen-bond acceptors (Lipinski definition) is 3. The summed E-state index contributed by atoms with van der Waals surface area (Å²) in [6.07, 6.45) is 5.68. The van der Waals surface area contributed by atoms with Gasteiger partial charge in [0.2, 0.25) is 5.91 Å². The summed E-state index contributed by atoms with van der Waals surface area (Å²) >= 11 is 1.43. The van der Waals surface area contributed by atoms with Crippen molar-refractivity contribution in [1.82, 2.24) is 0 Å². The van der Waals surface area contributed by atoms with Crippen LogP contribution in [-0.4, -0.2) is 11.8 Å². The number of fused-ring (bicyclic) bond motifs is 1. The minimum atomic E-state index is -0.509. The van der Waals surface area contributed by atoms with Crippen molar-refractivity contribution in [2.24, 2.45) is 11.7 Å². The van der Waals surface area contributed by atoms with Crippen LogP contribution in [0.5, 0.6) is 0 Å². The van der Waals surface area contributed by atoms with Gasteiger partial charge >= 0.3 is 0 Å². The fourth-order valence-electron chi connectivity index (χ4n) is 3.00. The molecule has 4 nitrogen and oxygen atoms in total. The van der Waals surface area contributed by atoms with Gasteiger partial charge < -0.3 is 11.1 Å². The van der Waals surface area contributed by atoms with Crippen LogP contribution in [0.3, 0.4) is 0 Å². The lowest BCUT2D eigenvalue weighted by molar-refractivity contribution is -0.111. The molecular formula is C19H19FN2O2S. The molecule has 0 aliphatic heterocycles. The van der Waals surface area contributed by atoms with Crippen LogP contribution in [-0.2, 0) is 17.6 Å². The van der Waals surface area contributed by atoms with E-state index in [1.807, 2.05) is 0 Å². The van der Waals surface area contributed by atoms with Gasteiger partial charge in [0, 0.05) is 11.0 Å².